The van der Waals surface area contributed by atoms with Gasteiger partial charge in [-0.2, -0.15) is 0 Å². The number of nitrogens with zero attached hydrogens (tertiary/aromatic N) is 2. The van der Waals surface area contributed by atoms with Gasteiger partial charge >= 0.3 is 0 Å². The molecule has 108 valence electrons. The normalized spacial score (nSPS) is 12.4. The molecule has 0 amide bonds. The average molecular weight is 278 g/mol. The number of imidazole rings is 1. The Balaban J connectivity index is 2.04. The van der Waals surface area contributed by atoms with Crippen LogP contribution < -0.4 is 4.74 Å². The fourth-order valence-electron chi connectivity index (χ4n) is 2.00. The molecule has 1 heterocycles. The van der Waals surface area contributed by atoms with Gasteiger partial charge in [0.05, 0.1) is 24.3 Å². The lowest BCUT2D eigenvalue weighted by atomic mass is 10.1. The number of rotatable bonds is 6. The van der Waals surface area contributed by atoms with Crippen molar-refractivity contribution in [2.75, 3.05) is 0 Å². The fourth-order valence-corrected chi connectivity index (χ4v) is 2.00. The smallest absolute Gasteiger partial charge is 0.132 e. The number of aliphatic hydroxyl groups excluding tert-OH is 1. The van der Waals surface area contributed by atoms with Crippen LogP contribution in [-0.2, 0) is 13.2 Å². The summed E-state index contributed by atoms with van der Waals surface area (Å²) in [4.78, 5) is 4.08. The van der Waals surface area contributed by atoms with Crippen LogP contribution in [0.25, 0.3) is 0 Å². The number of hydrogen-bond donors (Lipinski definition) is 1. The summed E-state index contributed by atoms with van der Waals surface area (Å²) in [6.07, 6.45) is 3.70. The Morgan fingerprint density at radius 1 is 1.45 bits per heavy atom. The molecule has 0 saturated carbocycles. The Morgan fingerprint density at radius 3 is 2.90 bits per heavy atom. The molecular weight excluding hydrogens is 259 g/mol. The molecule has 1 aromatic carbocycles. The van der Waals surface area contributed by atoms with E-state index in [4.69, 9.17) is 4.74 Å². The summed E-state index contributed by atoms with van der Waals surface area (Å²) in [7, 11) is 0. The zero-order valence-electron chi connectivity index (χ0n) is 11.7. The molecule has 1 unspecified atom stereocenters. The van der Waals surface area contributed by atoms with Crippen molar-refractivity contribution in [3.05, 3.63) is 47.8 Å². The van der Waals surface area contributed by atoms with Crippen LogP contribution in [0.3, 0.4) is 0 Å². The highest BCUT2D eigenvalue weighted by molar-refractivity contribution is 5.30. The molecule has 0 aliphatic carbocycles. The van der Waals surface area contributed by atoms with E-state index in [1.807, 2.05) is 4.57 Å². The van der Waals surface area contributed by atoms with Gasteiger partial charge in [-0.15, -0.1) is 0 Å². The lowest BCUT2D eigenvalue weighted by Crippen LogP contribution is -2.05. The van der Waals surface area contributed by atoms with E-state index in [0.29, 0.717) is 12.4 Å². The van der Waals surface area contributed by atoms with Gasteiger partial charge < -0.3 is 14.4 Å². The van der Waals surface area contributed by atoms with Crippen molar-refractivity contribution >= 4 is 0 Å². The third kappa shape index (κ3) is 3.36. The molecule has 2 aromatic rings. The Morgan fingerprint density at radius 2 is 2.25 bits per heavy atom. The number of ether oxygens (including phenoxy) is 1. The Labute approximate surface area is 117 Å². The first-order chi connectivity index (χ1) is 9.61. The third-order valence-electron chi connectivity index (χ3n) is 3.07. The zero-order valence-corrected chi connectivity index (χ0v) is 11.7. The Bertz CT molecular complexity index is 567. The molecule has 5 heteroatoms. The highest BCUT2D eigenvalue weighted by Crippen LogP contribution is 2.22. The molecule has 0 radical (unpaired) electrons. The fraction of sp³-hybridized carbons (Fsp3) is 0.400. The molecule has 0 bridgehead atoms. The van der Waals surface area contributed by atoms with E-state index < -0.39 is 11.9 Å². The predicted molar refractivity (Wildman–Crippen MR) is 73.9 cm³/mol. The lowest BCUT2D eigenvalue weighted by molar-refractivity contribution is 0.193. The monoisotopic (exact) mass is 278 g/mol. The molecule has 1 N–H and O–H groups in total. The summed E-state index contributed by atoms with van der Waals surface area (Å²) < 4.78 is 21.3. The highest BCUT2D eigenvalue weighted by Gasteiger charge is 2.09. The van der Waals surface area contributed by atoms with Crippen LogP contribution in [0.15, 0.2) is 30.7 Å². The van der Waals surface area contributed by atoms with E-state index in [0.717, 1.165) is 18.7 Å². The number of aliphatic hydroxyl groups is 1. The van der Waals surface area contributed by atoms with Crippen LogP contribution in [-0.4, -0.2) is 14.7 Å². The second-order valence-corrected chi connectivity index (χ2v) is 4.73. The number of aromatic nitrogens is 2. The maximum absolute atomic E-state index is 13.7. The van der Waals surface area contributed by atoms with Crippen molar-refractivity contribution in [1.82, 2.24) is 9.55 Å². The van der Waals surface area contributed by atoms with Crippen LogP contribution in [0, 0.1) is 5.82 Å². The van der Waals surface area contributed by atoms with Crippen molar-refractivity contribution in [3.63, 3.8) is 0 Å². The lowest BCUT2D eigenvalue weighted by Gasteiger charge is -2.11. The maximum atomic E-state index is 13.7. The average Bonchev–Trinajstić information content (AvgIpc) is 2.84. The molecule has 0 fully saturated rings. The van der Waals surface area contributed by atoms with Gasteiger partial charge in [-0.1, -0.05) is 6.92 Å². The van der Waals surface area contributed by atoms with E-state index in [1.165, 1.54) is 13.0 Å². The zero-order chi connectivity index (χ0) is 14.5. The Kier molecular flexibility index (Phi) is 4.74. The molecule has 20 heavy (non-hydrogen) atoms. The molecule has 1 aromatic heterocycles. The molecule has 0 spiro atoms. The van der Waals surface area contributed by atoms with Crippen molar-refractivity contribution in [1.29, 1.82) is 0 Å². The standard InChI is InChI=1S/C15H19FN2O2/c1-3-6-18-10-17-8-12(18)9-20-13-4-5-14(11(2)19)15(16)7-13/h4-5,7-8,10-11,19H,3,6,9H2,1-2H3. The van der Waals surface area contributed by atoms with Gasteiger partial charge in [0.15, 0.2) is 0 Å². The first kappa shape index (κ1) is 14.5. The molecule has 0 aliphatic heterocycles. The van der Waals surface area contributed by atoms with Crippen LogP contribution >= 0.6 is 0 Å². The first-order valence-corrected chi connectivity index (χ1v) is 6.71. The second kappa shape index (κ2) is 6.52. The third-order valence-corrected chi connectivity index (χ3v) is 3.07. The van der Waals surface area contributed by atoms with Gasteiger partial charge in [0.1, 0.15) is 18.2 Å². The minimum Gasteiger partial charge on any atom is -0.487 e. The van der Waals surface area contributed by atoms with Crippen LogP contribution in [0.5, 0.6) is 5.75 Å². The van der Waals surface area contributed by atoms with Gasteiger partial charge in [-0.25, -0.2) is 9.37 Å². The summed E-state index contributed by atoms with van der Waals surface area (Å²) in [6, 6.07) is 4.49. The summed E-state index contributed by atoms with van der Waals surface area (Å²) in [5, 5.41) is 9.38. The van der Waals surface area contributed by atoms with Crippen molar-refractivity contribution in [2.45, 2.75) is 39.5 Å². The molecule has 1 atom stereocenters. The van der Waals surface area contributed by atoms with Gasteiger partial charge in [-0.3, -0.25) is 0 Å². The van der Waals surface area contributed by atoms with Gasteiger partial charge in [0.2, 0.25) is 0 Å². The van der Waals surface area contributed by atoms with Gasteiger partial charge in [-0.05, 0) is 25.5 Å². The number of hydrogen-bond acceptors (Lipinski definition) is 3. The first-order valence-electron chi connectivity index (χ1n) is 6.71. The van der Waals surface area contributed by atoms with E-state index in [1.54, 1.807) is 24.7 Å². The largest absolute Gasteiger partial charge is 0.487 e. The van der Waals surface area contributed by atoms with Crippen molar-refractivity contribution in [3.8, 4) is 5.75 Å². The SMILES string of the molecule is CCCn1cncc1COc1ccc(C(C)O)c(F)c1. The summed E-state index contributed by atoms with van der Waals surface area (Å²) >= 11 is 0. The second-order valence-electron chi connectivity index (χ2n) is 4.73. The molecule has 0 saturated heterocycles. The molecule has 0 aliphatic rings. The Hall–Kier alpha value is -1.88. The minimum atomic E-state index is -0.824. The van der Waals surface area contributed by atoms with E-state index in [9.17, 15) is 9.50 Å². The minimum absolute atomic E-state index is 0.272. The van der Waals surface area contributed by atoms with Gasteiger partial charge in [0.25, 0.3) is 0 Å². The van der Waals surface area contributed by atoms with E-state index in [2.05, 4.69) is 11.9 Å². The van der Waals surface area contributed by atoms with E-state index in [-0.39, 0.29) is 5.56 Å². The van der Waals surface area contributed by atoms with Crippen LogP contribution in [0.2, 0.25) is 0 Å². The topological polar surface area (TPSA) is 47.3 Å². The number of benzene rings is 1. The molecular formula is C15H19FN2O2. The highest BCUT2D eigenvalue weighted by atomic mass is 19.1. The quantitative estimate of drug-likeness (QED) is 0.883. The van der Waals surface area contributed by atoms with Crippen LogP contribution in [0.4, 0.5) is 4.39 Å². The molecule has 4 nitrogen and oxygen atoms in total. The van der Waals surface area contributed by atoms with Crippen molar-refractivity contribution < 1.29 is 14.2 Å². The summed E-state index contributed by atoms with van der Waals surface area (Å²) in [5.74, 6) is -0.0179. The van der Waals surface area contributed by atoms with Crippen LogP contribution in [0.1, 0.15) is 37.6 Å². The summed E-state index contributed by atoms with van der Waals surface area (Å²) in [5.41, 5.74) is 1.22. The number of aryl methyl sites for hydroxylation is 1. The van der Waals surface area contributed by atoms with E-state index >= 15 is 0 Å². The predicted octanol–water partition coefficient (Wildman–Crippen LogP) is 3.06. The number of halogens is 1. The van der Waals surface area contributed by atoms with Crippen molar-refractivity contribution in [2.24, 2.45) is 0 Å². The van der Waals surface area contributed by atoms with Gasteiger partial charge in [0, 0.05) is 18.2 Å². The summed E-state index contributed by atoms with van der Waals surface area (Å²) in [6.45, 7) is 4.85. The maximum Gasteiger partial charge on any atom is 0.132 e. The molecule has 2 rings (SSSR count).